The van der Waals surface area contributed by atoms with Gasteiger partial charge < -0.3 is 10.6 Å². The van der Waals surface area contributed by atoms with Crippen molar-refractivity contribution in [1.29, 1.82) is 5.26 Å². The van der Waals surface area contributed by atoms with Crippen LogP contribution in [0.5, 0.6) is 0 Å². The molecule has 2 amide bonds. The van der Waals surface area contributed by atoms with E-state index in [0.29, 0.717) is 22.4 Å². The molecular weight excluding hydrogens is 302 g/mol. The van der Waals surface area contributed by atoms with Crippen molar-refractivity contribution in [2.24, 2.45) is 0 Å². The molecule has 24 heavy (non-hydrogen) atoms. The number of nitrogens with zero attached hydrogens (tertiary/aromatic N) is 1. The van der Waals surface area contributed by atoms with E-state index in [1.165, 1.54) is 0 Å². The fourth-order valence-electron chi connectivity index (χ4n) is 2.08. The molecule has 2 aromatic rings. The van der Waals surface area contributed by atoms with Gasteiger partial charge in [-0.3, -0.25) is 9.59 Å². The van der Waals surface area contributed by atoms with Crippen LogP contribution in [0.3, 0.4) is 0 Å². The molecule has 0 spiro atoms. The minimum atomic E-state index is -0.330. The molecule has 0 radical (unpaired) electrons. The maximum Gasteiger partial charge on any atom is 0.255 e. The van der Waals surface area contributed by atoms with Crippen molar-refractivity contribution in [2.75, 3.05) is 5.32 Å². The van der Waals surface area contributed by atoms with Crippen molar-refractivity contribution in [2.45, 2.75) is 26.3 Å². The SMILES string of the molecule is CCC(C)NC(=O)c1ccccc1NC(=O)c1ccc(C#N)cc1. The van der Waals surface area contributed by atoms with Crippen LogP contribution in [0.2, 0.25) is 0 Å². The van der Waals surface area contributed by atoms with Crippen LogP contribution in [0.1, 0.15) is 46.5 Å². The first-order valence-electron chi connectivity index (χ1n) is 7.76. The van der Waals surface area contributed by atoms with E-state index in [2.05, 4.69) is 10.6 Å². The average molecular weight is 321 g/mol. The fraction of sp³-hybridized carbons (Fsp3) is 0.211. The number of anilines is 1. The molecule has 0 fully saturated rings. The highest BCUT2D eigenvalue weighted by Gasteiger charge is 2.15. The Morgan fingerprint density at radius 1 is 1.08 bits per heavy atom. The van der Waals surface area contributed by atoms with Gasteiger partial charge in [-0.1, -0.05) is 19.1 Å². The molecule has 0 aromatic heterocycles. The second-order valence-electron chi connectivity index (χ2n) is 5.47. The summed E-state index contributed by atoms with van der Waals surface area (Å²) in [7, 11) is 0. The van der Waals surface area contributed by atoms with E-state index in [4.69, 9.17) is 5.26 Å². The molecule has 5 nitrogen and oxygen atoms in total. The summed E-state index contributed by atoms with van der Waals surface area (Å²) in [6, 6.07) is 15.3. The van der Waals surface area contributed by atoms with Gasteiger partial charge in [0, 0.05) is 11.6 Å². The predicted molar refractivity (Wildman–Crippen MR) is 92.8 cm³/mol. The number of hydrogen-bond acceptors (Lipinski definition) is 3. The van der Waals surface area contributed by atoms with E-state index in [0.717, 1.165) is 6.42 Å². The number of rotatable bonds is 5. The maximum atomic E-state index is 12.3. The van der Waals surface area contributed by atoms with E-state index < -0.39 is 0 Å². The first kappa shape index (κ1) is 17.2. The number of carbonyl (C=O) groups is 2. The number of carbonyl (C=O) groups excluding carboxylic acids is 2. The van der Waals surface area contributed by atoms with Gasteiger partial charge in [0.2, 0.25) is 0 Å². The predicted octanol–water partition coefficient (Wildman–Crippen LogP) is 3.34. The summed E-state index contributed by atoms with van der Waals surface area (Å²) in [5, 5.41) is 14.4. The number of para-hydroxylation sites is 1. The minimum absolute atomic E-state index is 0.0554. The Labute approximate surface area is 141 Å². The number of amides is 2. The quantitative estimate of drug-likeness (QED) is 0.886. The van der Waals surface area contributed by atoms with Crippen LogP contribution >= 0.6 is 0 Å². The monoisotopic (exact) mass is 321 g/mol. The summed E-state index contributed by atoms with van der Waals surface area (Å²) in [4.78, 5) is 24.7. The summed E-state index contributed by atoms with van der Waals surface area (Å²) in [5.74, 6) is -0.552. The normalized spacial score (nSPS) is 11.2. The van der Waals surface area contributed by atoms with Crippen LogP contribution < -0.4 is 10.6 Å². The Kier molecular flexibility index (Phi) is 5.69. The second kappa shape index (κ2) is 7.93. The summed E-state index contributed by atoms with van der Waals surface area (Å²) >= 11 is 0. The Balaban J connectivity index is 2.18. The lowest BCUT2D eigenvalue weighted by Crippen LogP contribution is -2.32. The highest BCUT2D eigenvalue weighted by molar-refractivity contribution is 6.09. The number of hydrogen-bond donors (Lipinski definition) is 2. The van der Waals surface area contributed by atoms with Gasteiger partial charge in [0.25, 0.3) is 11.8 Å². The van der Waals surface area contributed by atoms with Crippen LogP contribution in [0, 0.1) is 11.3 Å². The first-order chi connectivity index (χ1) is 11.5. The Morgan fingerprint density at radius 2 is 1.75 bits per heavy atom. The van der Waals surface area contributed by atoms with E-state index in [-0.39, 0.29) is 17.9 Å². The molecule has 1 atom stereocenters. The molecule has 2 rings (SSSR count). The molecule has 0 aliphatic carbocycles. The van der Waals surface area contributed by atoms with Crippen LogP contribution in [-0.4, -0.2) is 17.9 Å². The van der Waals surface area contributed by atoms with Gasteiger partial charge in [-0.2, -0.15) is 5.26 Å². The van der Waals surface area contributed by atoms with Crippen LogP contribution in [-0.2, 0) is 0 Å². The molecule has 122 valence electrons. The van der Waals surface area contributed by atoms with Gasteiger partial charge in [0.05, 0.1) is 22.9 Å². The molecule has 5 heteroatoms. The van der Waals surface area contributed by atoms with Crippen molar-refractivity contribution < 1.29 is 9.59 Å². The number of nitriles is 1. The van der Waals surface area contributed by atoms with Crippen LogP contribution in [0.4, 0.5) is 5.69 Å². The molecule has 0 heterocycles. The summed E-state index contributed by atoms with van der Waals surface area (Å²) in [6.07, 6.45) is 0.825. The highest BCUT2D eigenvalue weighted by Crippen LogP contribution is 2.17. The lowest BCUT2D eigenvalue weighted by molar-refractivity contribution is 0.0940. The van der Waals surface area contributed by atoms with Crippen LogP contribution in [0.25, 0.3) is 0 Å². The van der Waals surface area contributed by atoms with Crippen LogP contribution in [0.15, 0.2) is 48.5 Å². The molecule has 0 saturated carbocycles. The Hall–Kier alpha value is -3.13. The lowest BCUT2D eigenvalue weighted by atomic mass is 10.1. The Bertz CT molecular complexity index is 776. The highest BCUT2D eigenvalue weighted by atomic mass is 16.2. The topological polar surface area (TPSA) is 82.0 Å². The summed E-state index contributed by atoms with van der Waals surface area (Å²) in [5.41, 5.74) is 1.78. The van der Waals surface area contributed by atoms with Gasteiger partial charge in [0.15, 0.2) is 0 Å². The maximum absolute atomic E-state index is 12.3. The van der Waals surface area contributed by atoms with Crippen molar-refractivity contribution in [3.63, 3.8) is 0 Å². The van der Waals surface area contributed by atoms with E-state index >= 15 is 0 Å². The van der Waals surface area contributed by atoms with Gasteiger partial charge >= 0.3 is 0 Å². The molecule has 0 bridgehead atoms. The van der Waals surface area contributed by atoms with Gasteiger partial charge in [-0.05, 0) is 49.7 Å². The van der Waals surface area contributed by atoms with Gasteiger partial charge in [0.1, 0.15) is 0 Å². The molecule has 2 N–H and O–H groups in total. The molecule has 1 unspecified atom stereocenters. The zero-order valence-corrected chi connectivity index (χ0v) is 13.7. The molecule has 2 aromatic carbocycles. The Morgan fingerprint density at radius 3 is 2.38 bits per heavy atom. The number of benzene rings is 2. The summed E-state index contributed by atoms with van der Waals surface area (Å²) < 4.78 is 0. The van der Waals surface area contributed by atoms with E-state index in [1.807, 2.05) is 19.9 Å². The smallest absolute Gasteiger partial charge is 0.255 e. The molecular formula is C19H19N3O2. The van der Waals surface area contributed by atoms with Gasteiger partial charge in [-0.25, -0.2) is 0 Å². The largest absolute Gasteiger partial charge is 0.350 e. The van der Waals surface area contributed by atoms with Crippen molar-refractivity contribution in [3.05, 3.63) is 65.2 Å². The lowest BCUT2D eigenvalue weighted by Gasteiger charge is -2.14. The zero-order valence-electron chi connectivity index (χ0n) is 13.7. The average Bonchev–Trinajstić information content (AvgIpc) is 2.62. The van der Waals surface area contributed by atoms with E-state index in [9.17, 15) is 9.59 Å². The molecule has 0 saturated heterocycles. The molecule has 0 aliphatic heterocycles. The fourth-order valence-corrected chi connectivity index (χ4v) is 2.08. The first-order valence-corrected chi connectivity index (χ1v) is 7.76. The third-order valence-electron chi connectivity index (χ3n) is 3.69. The van der Waals surface area contributed by atoms with Crippen molar-refractivity contribution >= 4 is 17.5 Å². The van der Waals surface area contributed by atoms with Gasteiger partial charge in [-0.15, -0.1) is 0 Å². The standard InChI is InChI=1S/C19H19N3O2/c1-3-13(2)21-19(24)16-6-4-5-7-17(16)22-18(23)15-10-8-14(12-20)9-11-15/h4-11,13H,3H2,1-2H3,(H,21,24)(H,22,23). The zero-order chi connectivity index (χ0) is 17.5. The minimum Gasteiger partial charge on any atom is -0.350 e. The van der Waals surface area contributed by atoms with Crippen molar-refractivity contribution in [3.8, 4) is 6.07 Å². The molecule has 0 aliphatic rings. The third kappa shape index (κ3) is 4.20. The van der Waals surface area contributed by atoms with Crippen molar-refractivity contribution in [1.82, 2.24) is 5.32 Å². The third-order valence-corrected chi connectivity index (χ3v) is 3.69. The number of nitrogens with one attached hydrogen (secondary N) is 2. The summed E-state index contributed by atoms with van der Waals surface area (Å²) in [6.45, 7) is 3.92. The van der Waals surface area contributed by atoms with E-state index in [1.54, 1.807) is 48.5 Å². The second-order valence-corrected chi connectivity index (χ2v) is 5.47.